The first-order valence-corrected chi connectivity index (χ1v) is 9.93. The third-order valence-electron chi connectivity index (χ3n) is 4.56. The van der Waals surface area contributed by atoms with Gasteiger partial charge in [-0.25, -0.2) is 9.78 Å². The number of anilines is 2. The Kier molecular flexibility index (Phi) is 7.17. The van der Waals surface area contributed by atoms with E-state index in [0.717, 1.165) is 0 Å². The Morgan fingerprint density at radius 2 is 1.69 bits per heavy atom. The van der Waals surface area contributed by atoms with E-state index in [1.54, 1.807) is 69.5 Å². The zero-order valence-corrected chi connectivity index (χ0v) is 18.0. The number of nitrogens with zero attached hydrogens (tertiary/aromatic N) is 1. The van der Waals surface area contributed by atoms with Crippen molar-refractivity contribution in [1.82, 2.24) is 4.98 Å². The number of nitrogens with one attached hydrogen (secondary N) is 2. The third-order valence-corrected chi connectivity index (χ3v) is 4.56. The van der Waals surface area contributed by atoms with Crippen LogP contribution in [0.15, 0.2) is 60.7 Å². The molecule has 2 amide bonds. The van der Waals surface area contributed by atoms with E-state index in [1.807, 2.05) is 0 Å². The zero-order valence-electron chi connectivity index (χ0n) is 18.0. The van der Waals surface area contributed by atoms with E-state index in [-0.39, 0.29) is 17.9 Å². The second-order valence-electron chi connectivity index (χ2n) is 6.74. The molecule has 1 heterocycles. The van der Waals surface area contributed by atoms with Crippen LogP contribution in [-0.4, -0.2) is 36.5 Å². The number of ether oxygens (including phenoxy) is 2. The van der Waals surface area contributed by atoms with Gasteiger partial charge < -0.3 is 20.1 Å². The maximum Gasteiger partial charge on any atom is 0.339 e. The minimum absolute atomic E-state index is 0.110. The average molecular weight is 433 g/mol. The first kappa shape index (κ1) is 22.5. The summed E-state index contributed by atoms with van der Waals surface area (Å²) in [4.78, 5) is 41.7. The van der Waals surface area contributed by atoms with Crippen molar-refractivity contribution in [2.75, 3.05) is 24.4 Å². The summed E-state index contributed by atoms with van der Waals surface area (Å²) < 4.78 is 10.1. The number of rotatable bonds is 7. The SMILES string of the molecule is CCOC(=O)c1ccc(C(=O)Nc2ccccc2C(=O)Nc2cccc(OC)c2)nc1C. The maximum absolute atomic E-state index is 12.8. The molecule has 164 valence electrons. The first-order chi connectivity index (χ1) is 15.4. The lowest BCUT2D eigenvalue weighted by Gasteiger charge is -2.12. The Morgan fingerprint density at radius 3 is 2.41 bits per heavy atom. The molecule has 0 radical (unpaired) electrons. The van der Waals surface area contributed by atoms with Crippen molar-refractivity contribution in [3.63, 3.8) is 0 Å². The summed E-state index contributed by atoms with van der Waals surface area (Å²) in [5.74, 6) is -0.790. The summed E-state index contributed by atoms with van der Waals surface area (Å²) in [6.45, 7) is 3.58. The molecule has 0 aliphatic rings. The highest BCUT2D eigenvalue weighted by molar-refractivity contribution is 6.12. The van der Waals surface area contributed by atoms with Gasteiger partial charge in [-0.3, -0.25) is 9.59 Å². The van der Waals surface area contributed by atoms with Crippen LogP contribution in [0.3, 0.4) is 0 Å². The third kappa shape index (κ3) is 5.28. The van der Waals surface area contributed by atoms with E-state index < -0.39 is 17.8 Å². The largest absolute Gasteiger partial charge is 0.497 e. The quantitative estimate of drug-likeness (QED) is 0.544. The van der Waals surface area contributed by atoms with Crippen LogP contribution in [0.5, 0.6) is 5.75 Å². The summed E-state index contributed by atoms with van der Waals surface area (Å²) in [7, 11) is 1.54. The molecule has 0 saturated carbocycles. The Balaban J connectivity index is 1.78. The number of pyridine rings is 1. The summed E-state index contributed by atoms with van der Waals surface area (Å²) >= 11 is 0. The highest BCUT2D eigenvalue weighted by Crippen LogP contribution is 2.21. The predicted octanol–water partition coefficient (Wildman–Crippen LogP) is 4.08. The lowest BCUT2D eigenvalue weighted by Crippen LogP contribution is -2.19. The van der Waals surface area contributed by atoms with Gasteiger partial charge in [-0.15, -0.1) is 0 Å². The van der Waals surface area contributed by atoms with Crippen molar-refractivity contribution >= 4 is 29.2 Å². The molecule has 1 aromatic heterocycles. The van der Waals surface area contributed by atoms with E-state index in [1.165, 1.54) is 12.1 Å². The highest BCUT2D eigenvalue weighted by atomic mass is 16.5. The molecule has 8 heteroatoms. The fourth-order valence-electron chi connectivity index (χ4n) is 2.99. The summed E-state index contributed by atoms with van der Waals surface area (Å²) in [5.41, 5.74) is 1.94. The van der Waals surface area contributed by atoms with Gasteiger partial charge in [0.25, 0.3) is 11.8 Å². The Bertz CT molecular complexity index is 1160. The molecule has 8 nitrogen and oxygen atoms in total. The maximum atomic E-state index is 12.8. The lowest BCUT2D eigenvalue weighted by atomic mass is 10.1. The molecule has 0 saturated heterocycles. The van der Waals surface area contributed by atoms with E-state index in [4.69, 9.17) is 9.47 Å². The Hall–Kier alpha value is -4.20. The van der Waals surface area contributed by atoms with Crippen LogP contribution in [-0.2, 0) is 4.74 Å². The van der Waals surface area contributed by atoms with Gasteiger partial charge in [-0.05, 0) is 50.2 Å². The van der Waals surface area contributed by atoms with Crippen molar-refractivity contribution in [1.29, 1.82) is 0 Å². The highest BCUT2D eigenvalue weighted by Gasteiger charge is 2.18. The number of hydrogen-bond acceptors (Lipinski definition) is 6. The minimum Gasteiger partial charge on any atom is -0.497 e. The van der Waals surface area contributed by atoms with Gasteiger partial charge in [0.2, 0.25) is 0 Å². The number of para-hydroxylation sites is 1. The van der Waals surface area contributed by atoms with Gasteiger partial charge in [0, 0.05) is 11.8 Å². The smallest absolute Gasteiger partial charge is 0.339 e. The van der Waals surface area contributed by atoms with Crippen LogP contribution in [0.2, 0.25) is 0 Å². The second kappa shape index (κ2) is 10.2. The molecule has 2 aromatic carbocycles. The van der Waals surface area contributed by atoms with E-state index in [9.17, 15) is 14.4 Å². The van der Waals surface area contributed by atoms with Crippen molar-refractivity contribution in [3.8, 4) is 5.75 Å². The minimum atomic E-state index is -0.509. The molecule has 0 aliphatic carbocycles. The number of amides is 2. The van der Waals surface area contributed by atoms with Gasteiger partial charge in [0.15, 0.2) is 0 Å². The van der Waals surface area contributed by atoms with Crippen molar-refractivity contribution < 1.29 is 23.9 Å². The molecule has 0 spiro atoms. The molecule has 3 rings (SSSR count). The molecule has 2 N–H and O–H groups in total. The molecule has 0 bridgehead atoms. The summed E-state index contributed by atoms with van der Waals surface area (Å²) in [6.07, 6.45) is 0. The fourth-order valence-corrected chi connectivity index (χ4v) is 2.99. The Labute approximate surface area is 185 Å². The second-order valence-corrected chi connectivity index (χ2v) is 6.74. The van der Waals surface area contributed by atoms with Gasteiger partial charge in [-0.1, -0.05) is 18.2 Å². The summed E-state index contributed by atoms with van der Waals surface area (Å²) in [6, 6.07) is 16.5. The standard InChI is InChI=1S/C24H23N3O5/c1-4-32-24(30)18-12-13-21(25-15(18)2)23(29)27-20-11-6-5-10-19(20)22(28)26-16-8-7-9-17(14-16)31-3/h5-14H,4H2,1-3H3,(H,26,28)(H,27,29). The van der Waals surface area contributed by atoms with Gasteiger partial charge in [0.1, 0.15) is 11.4 Å². The number of benzene rings is 2. The van der Waals surface area contributed by atoms with Crippen LogP contribution < -0.4 is 15.4 Å². The van der Waals surface area contributed by atoms with Crippen LogP contribution in [0.4, 0.5) is 11.4 Å². The number of carbonyl (C=O) groups is 3. The monoisotopic (exact) mass is 433 g/mol. The molecule has 32 heavy (non-hydrogen) atoms. The number of aryl methyl sites for hydroxylation is 1. The molecular weight excluding hydrogens is 410 g/mol. The molecular formula is C24H23N3O5. The van der Waals surface area contributed by atoms with E-state index >= 15 is 0 Å². The Morgan fingerprint density at radius 1 is 0.906 bits per heavy atom. The lowest BCUT2D eigenvalue weighted by molar-refractivity contribution is 0.0524. The predicted molar refractivity (Wildman–Crippen MR) is 120 cm³/mol. The number of hydrogen-bond donors (Lipinski definition) is 2. The number of aromatic nitrogens is 1. The topological polar surface area (TPSA) is 107 Å². The molecule has 0 aliphatic heterocycles. The van der Waals surface area contributed by atoms with Gasteiger partial charge in [-0.2, -0.15) is 0 Å². The van der Waals surface area contributed by atoms with Crippen LogP contribution in [0.25, 0.3) is 0 Å². The van der Waals surface area contributed by atoms with E-state index in [2.05, 4.69) is 15.6 Å². The molecule has 0 atom stereocenters. The van der Waals surface area contributed by atoms with Crippen molar-refractivity contribution in [2.24, 2.45) is 0 Å². The van der Waals surface area contributed by atoms with Gasteiger partial charge in [0.05, 0.1) is 36.2 Å². The summed E-state index contributed by atoms with van der Waals surface area (Å²) in [5, 5.41) is 5.50. The molecule has 0 unspecified atom stereocenters. The van der Waals surface area contributed by atoms with Gasteiger partial charge >= 0.3 is 5.97 Å². The number of carbonyl (C=O) groups excluding carboxylic acids is 3. The normalized spacial score (nSPS) is 10.2. The van der Waals surface area contributed by atoms with Crippen molar-refractivity contribution in [2.45, 2.75) is 13.8 Å². The first-order valence-electron chi connectivity index (χ1n) is 9.93. The zero-order chi connectivity index (χ0) is 23.1. The van der Waals surface area contributed by atoms with Crippen molar-refractivity contribution in [3.05, 3.63) is 83.2 Å². The number of esters is 1. The van der Waals surface area contributed by atoms with Crippen LogP contribution in [0, 0.1) is 6.92 Å². The average Bonchev–Trinajstić information content (AvgIpc) is 2.79. The van der Waals surface area contributed by atoms with E-state index in [0.29, 0.717) is 28.4 Å². The molecule has 0 fully saturated rings. The van der Waals surface area contributed by atoms with Crippen LogP contribution >= 0.6 is 0 Å². The fraction of sp³-hybridized carbons (Fsp3) is 0.167. The number of methoxy groups -OCH3 is 1. The molecule has 3 aromatic rings. The van der Waals surface area contributed by atoms with Crippen LogP contribution in [0.1, 0.15) is 43.8 Å².